The second-order valence-corrected chi connectivity index (χ2v) is 11.1. The highest BCUT2D eigenvalue weighted by atomic mass is 32.2. The van der Waals surface area contributed by atoms with Crippen LogP contribution in [0.3, 0.4) is 0 Å². The quantitative estimate of drug-likeness (QED) is 0.783. The van der Waals surface area contributed by atoms with Crippen LogP contribution in [0.1, 0.15) is 37.0 Å². The van der Waals surface area contributed by atoms with Gasteiger partial charge in [0.05, 0.1) is 6.26 Å². The highest BCUT2D eigenvalue weighted by Crippen LogP contribution is 2.24. The second-order valence-electron chi connectivity index (χ2n) is 5.93. The second kappa shape index (κ2) is 7.60. The Bertz CT molecular complexity index is 719. The lowest BCUT2D eigenvalue weighted by Crippen LogP contribution is -2.44. The van der Waals surface area contributed by atoms with Crippen molar-refractivity contribution in [3.63, 3.8) is 0 Å². The molecule has 6 nitrogen and oxygen atoms in total. The summed E-state index contributed by atoms with van der Waals surface area (Å²) >= 11 is 1.20. The first-order chi connectivity index (χ1) is 10.7. The van der Waals surface area contributed by atoms with Gasteiger partial charge in [-0.3, -0.25) is 0 Å². The topological polar surface area (TPSA) is 83.6 Å². The number of rotatable bonds is 7. The van der Waals surface area contributed by atoms with Gasteiger partial charge in [-0.15, -0.1) is 11.3 Å². The van der Waals surface area contributed by atoms with Gasteiger partial charge in [0, 0.05) is 24.0 Å². The molecule has 1 fully saturated rings. The zero-order valence-electron chi connectivity index (χ0n) is 13.5. The number of hydrogen-bond donors (Lipinski definition) is 1. The van der Waals surface area contributed by atoms with Gasteiger partial charge < -0.3 is 0 Å². The Morgan fingerprint density at radius 1 is 1.17 bits per heavy atom. The van der Waals surface area contributed by atoms with E-state index in [1.54, 1.807) is 12.1 Å². The summed E-state index contributed by atoms with van der Waals surface area (Å²) in [6.45, 7) is 2.11. The molecular formula is C14H24N2O4S3. The Balaban J connectivity index is 1.99. The SMILES string of the molecule is Cc1ccc(S(=O)(=O)NCCN(C2CCCCC2)S(C)(=O)=O)s1. The highest BCUT2D eigenvalue weighted by Gasteiger charge is 2.28. The number of thiophene rings is 1. The molecule has 0 saturated heterocycles. The Morgan fingerprint density at radius 2 is 1.83 bits per heavy atom. The lowest BCUT2D eigenvalue weighted by atomic mass is 9.95. The molecule has 1 saturated carbocycles. The maximum Gasteiger partial charge on any atom is 0.250 e. The molecule has 0 radical (unpaired) electrons. The van der Waals surface area contributed by atoms with Crippen LogP contribution in [0.25, 0.3) is 0 Å². The van der Waals surface area contributed by atoms with Gasteiger partial charge in [0.15, 0.2) is 0 Å². The number of sulfonamides is 2. The smallest absolute Gasteiger partial charge is 0.212 e. The van der Waals surface area contributed by atoms with E-state index < -0.39 is 20.0 Å². The van der Waals surface area contributed by atoms with Gasteiger partial charge in [-0.25, -0.2) is 21.6 Å². The lowest BCUT2D eigenvalue weighted by Gasteiger charge is -2.32. The van der Waals surface area contributed by atoms with E-state index in [1.807, 2.05) is 6.92 Å². The van der Waals surface area contributed by atoms with Gasteiger partial charge in [-0.05, 0) is 31.9 Å². The molecule has 1 aliphatic rings. The summed E-state index contributed by atoms with van der Waals surface area (Å²) in [6, 6.07) is 3.31. The molecule has 1 heterocycles. The van der Waals surface area contributed by atoms with E-state index in [4.69, 9.17) is 0 Å². The first-order valence-corrected chi connectivity index (χ1v) is 11.9. The summed E-state index contributed by atoms with van der Waals surface area (Å²) in [6.07, 6.45) is 6.08. The van der Waals surface area contributed by atoms with Crippen molar-refractivity contribution in [2.24, 2.45) is 0 Å². The third-order valence-corrected chi connectivity index (χ3v) is 8.30. The van der Waals surface area contributed by atoms with Crippen LogP contribution in [0.2, 0.25) is 0 Å². The minimum atomic E-state index is -3.56. The molecular weight excluding hydrogens is 356 g/mol. The van der Waals surface area contributed by atoms with Crippen molar-refractivity contribution >= 4 is 31.4 Å². The van der Waals surface area contributed by atoms with Crippen LogP contribution < -0.4 is 4.72 Å². The zero-order chi connectivity index (χ0) is 17.1. The standard InChI is InChI=1S/C14H24N2O4S3/c1-12-8-9-14(21-12)23(19,20)15-10-11-16(22(2,17)18)13-6-4-3-5-7-13/h8-9,13,15H,3-7,10-11H2,1-2H3. The summed E-state index contributed by atoms with van der Waals surface area (Å²) < 4.78 is 52.6. The fourth-order valence-electron chi connectivity index (χ4n) is 2.91. The van der Waals surface area contributed by atoms with Crippen LogP contribution in [0, 0.1) is 6.92 Å². The van der Waals surface area contributed by atoms with Crippen molar-refractivity contribution in [2.75, 3.05) is 19.3 Å². The van der Waals surface area contributed by atoms with Gasteiger partial charge in [0.2, 0.25) is 20.0 Å². The molecule has 0 atom stereocenters. The summed E-state index contributed by atoms with van der Waals surface area (Å²) in [4.78, 5) is 0.922. The third-order valence-electron chi connectivity index (χ3n) is 4.01. The van der Waals surface area contributed by atoms with Gasteiger partial charge >= 0.3 is 0 Å². The van der Waals surface area contributed by atoms with E-state index >= 15 is 0 Å². The molecule has 1 aliphatic carbocycles. The monoisotopic (exact) mass is 380 g/mol. The van der Waals surface area contributed by atoms with Crippen molar-refractivity contribution in [1.82, 2.24) is 9.03 Å². The molecule has 0 aliphatic heterocycles. The fourth-order valence-corrected chi connectivity index (χ4v) is 6.43. The van der Waals surface area contributed by atoms with Crippen LogP contribution >= 0.6 is 11.3 Å². The molecule has 23 heavy (non-hydrogen) atoms. The maximum atomic E-state index is 12.2. The Morgan fingerprint density at radius 3 is 2.35 bits per heavy atom. The number of nitrogens with zero attached hydrogens (tertiary/aromatic N) is 1. The molecule has 132 valence electrons. The normalized spacial score (nSPS) is 17.7. The molecule has 2 rings (SSSR count). The Hall–Kier alpha value is -0.480. The van der Waals surface area contributed by atoms with Crippen LogP contribution in [0.15, 0.2) is 16.3 Å². The first kappa shape index (κ1) is 18.9. The lowest BCUT2D eigenvalue weighted by molar-refractivity contribution is 0.257. The molecule has 0 unspecified atom stereocenters. The Kier molecular flexibility index (Phi) is 6.23. The van der Waals surface area contributed by atoms with Crippen molar-refractivity contribution in [1.29, 1.82) is 0 Å². The molecule has 1 aromatic rings. The minimum absolute atomic E-state index is 0.00719. The zero-order valence-corrected chi connectivity index (χ0v) is 15.9. The minimum Gasteiger partial charge on any atom is -0.212 e. The molecule has 0 bridgehead atoms. The molecule has 0 amide bonds. The summed E-state index contributed by atoms with van der Waals surface area (Å²) in [5, 5.41) is 0. The van der Waals surface area contributed by atoms with E-state index in [0.29, 0.717) is 0 Å². The number of nitrogens with one attached hydrogen (secondary N) is 1. The van der Waals surface area contributed by atoms with Gasteiger partial charge in [-0.1, -0.05) is 19.3 Å². The summed E-state index contributed by atoms with van der Waals surface area (Å²) in [5.41, 5.74) is 0. The highest BCUT2D eigenvalue weighted by molar-refractivity contribution is 7.91. The molecule has 0 spiro atoms. The van der Waals surface area contributed by atoms with Gasteiger partial charge in [-0.2, -0.15) is 4.31 Å². The summed E-state index contributed by atoms with van der Waals surface area (Å²) in [5.74, 6) is 0. The van der Waals surface area contributed by atoms with Crippen molar-refractivity contribution in [3.05, 3.63) is 17.0 Å². The summed E-state index contributed by atoms with van der Waals surface area (Å²) in [7, 11) is -6.91. The van der Waals surface area contributed by atoms with Crippen molar-refractivity contribution in [3.8, 4) is 0 Å². The number of aryl methyl sites for hydroxylation is 1. The van der Waals surface area contributed by atoms with Crippen LogP contribution in [0.5, 0.6) is 0 Å². The number of hydrogen-bond acceptors (Lipinski definition) is 5. The van der Waals surface area contributed by atoms with Gasteiger partial charge in [0.1, 0.15) is 4.21 Å². The van der Waals surface area contributed by atoms with E-state index in [2.05, 4.69) is 4.72 Å². The van der Waals surface area contributed by atoms with Gasteiger partial charge in [0.25, 0.3) is 0 Å². The largest absolute Gasteiger partial charge is 0.250 e. The molecule has 1 N–H and O–H groups in total. The van der Waals surface area contributed by atoms with Crippen LogP contribution in [-0.2, 0) is 20.0 Å². The van der Waals surface area contributed by atoms with Crippen LogP contribution in [-0.4, -0.2) is 46.5 Å². The van der Waals surface area contributed by atoms with Crippen molar-refractivity contribution < 1.29 is 16.8 Å². The molecule has 1 aromatic heterocycles. The van der Waals surface area contributed by atoms with E-state index in [1.165, 1.54) is 21.9 Å². The predicted octanol–water partition coefficient (Wildman–Crippen LogP) is 1.93. The fraction of sp³-hybridized carbons (Fsp3) is 0.714. The average molecular weight is 381 g/mol. The molecule has 0 aromatic carbocycles. The first-order valence-electron chi connectivity index (χ1n) is 7.73. The van der Waals surface area contributed by atoms with E-state index in [-0.39, 0.29) is 23.3 Å². The predicted molar refractivity (Wildman–Crippen MR) is 92.7 cm³/mol. The van der Waals surface area contributed by atoms with E-state index in [0.717, 1.165) is 37.0 Å². The maximum absolute atomic E-state index is 12.2. The average Bonchev–Trinajstić information content (AvgIpc) is 2.91. The van der Waals surface area contributed by atoms with Crippen molar-refractivity contribution in [2.45, 2.75) is 49.3 Å². The van der Waals surface area contributed by atoms with Crippen LogP contribution in [0.4, 0.5) is 0 Å². The Labute approximate surface area is 143 Å². The molecule has 9 heteroatoms. The third kappa shape index (κ3) is 5.25. The van der Waals surface area contributed by atoms with E-state index in [9.17, 15) is 16.8 Å².